The maximum absolute atomic E-state index is 2.95. The third-order valence-electron chi connectivity index (χ3n) is 0.941. The maximum atomic E-state index is 2.95. The molecule has 0 aliphatic carbocycles. The highest BCUT2D eigenvalue weighted by atomic mass is 13.7. The van der Waals surface area contributed by atoms with Gasteiger partial charge in [-0.2, -0.15) is 0 Å². The minimum Gasteiger partial charge on any atom is -0.0988 e. The predicted octanol–water partition coefficient (Wildman–Crippen LogP) is 2.92. The Morgan fingerprint density at radius 3 is 2.60 bits per heavy atom. The molecule has 0 aromatic rings. The first kappa shape index (κ1) is 9.04. The van der Waals surface area contributed by atoms with E-state index in [1.54, 1.807) is 0 Å². The minimum atomic E-state index is 0.932. The smallest absolute Gasteiger partial charge is 0.00637 e. The largest absolute Gasteiger partial charge is 0.0988 e. The lowest BCUT2D eigenvalue weighted by molar-refractivity contribution is 1.22. The highest BCUT2D eigenvalue weighted by Gasteiger charge is 1.61. The zero-order valence-electron chi connectivity index (χ0n) is 6.72. The van der Waals surface area contributed by atoms with Gasteiger partial charge in [-0.1, -0.05) is 43.9 Å². The van der Waals surface area contributed by atoms with Gasteiger partial charge in [0.2, 0.25) is 0 Å². The quantitative estimate of drug-likeness (QED) is 0.402. The highest BCUT2D eigenvalue weighted by molar-refractivity contribution is 5.19. The van der Waals surface area contributed by atoms with Crippen LogP contribution in [0.3, 0.4) is 0 Å². The third kappa shape index (κ3) is 7.04. The van der Waals surface area contributed by atoms with E-state index in [1.807, 2.05) is 25.2 Å². The summed E-state index contributed by atoms with van der Waals surface area (Å²) < 4.78 is 0. The molecule has 0 fully saturated rings. The lowest BCUT2D eigenvalue weighted by Crippen LogP contribution is -1.53. The topological polar surface area (TPSA) is 0 Å². The number of rotatable bonds is 2. The van der Waals surface area contributed by atoms with Gasteiger partial charge in [0.15, 0.2) is 0 Å². The Kier molecular flexibility index (Phi) is 7.27. The zero-order chi connectivity index (χ0) is 7.66. The Morgan fingerprint density at radius 2 is 2.00 bits per heavy atom. The molecule has 0 N–H and O–H groups in total. The van der Waals surface area contributed by atoms with Crippen molar-refractivity contribution in [3.8, 4) is 11.8 Å². The van der Waals surface area contributed by atoms with Crippen LogP contribution in [-0.4, -0.2) is 0 Å². The van der Waals surface area contributed by atoms with Crippen LogP contribution in [0.15, 0.2) is 24.3 Å². The van der Waals surface area contributed by atoms with Crippen LogP contribution in [0, 0.1) is 11.8 Å². The van der Waals surface area contributed by atoms with Gasteiger partial charge in [-0.25, -0.2) is 0 Å². The molecule has 0 saturated carbocycles. The summed E-state index contributed by atoms with van der Waals surface area (Å²) in [4.78, 5) is 0. The van der Waals surface area contributed by atoms with Crippen molar-refractivity contribution in [1.29, 1.82) is 0 Å². The Bertz CT molecular complexity index is 162. The van der Waals surface area contributed by atoms with Crippen molar-refractivity contribution >= 4 is 0 Å². The van der Waals surface area contributed by atoms with Crippen LogP contribution < -0.4 is 0 Å². The van der Waals surface area contributed by atoms with Gasteiger partial charge in [-0.15, -0.1) is 0 Å². The van der Waals surface area contributed by atoms with Gasteiger partial charge in [-0.3, -0.25) is 0 Å². The van der Waals surface area contributed by atoms with Gasteiger partial charge in [0.1, 0.15) is 0 Å². The molecule has 0 aromatic carbocycles. The average Bonchev–Trinajstić information content (AvgIpc) is 1.97. The minimum absolute atomic E-state index is 0.932. The third-order valence-corrected chi connectivity index (χ3v) is 0.941. The first-order chi connectivity index (χ1) is 4.91. The Labute approximate surface area is 63.6 Å². The van der Waals surface area contributed by atoms with E-state index in [9.17, 15) is 0 Å². The summed E-state index contributed by atoms with van der Waals surface area (Å²) in [6.07, 6.45) is 9.98. The fourth-order valence-corrected chi connectivity index (χ4v) is 0.479. The second kappa shape index (κ2) is 8.04. The summed E-state index contributed by atoms with van der Waals surface area (Å²) >= 11 is 0. The van der Waals surface area contributed by atoms with Crippen molar-refractivity contribution < 1.29 is 0 Å². The van der Waals surface area contributed by atoms with Crippen molar-refractivity contribution in [2.45, 2.75) is 26.7 Å². The van der Waals surface area contributed by atoms with Crippen LogP contribution in [0.2, 0.25) is 0 Å². The molecule has 0 nitrogen and oxygen atoms in total. The van der Waals surface area contributed by atoms with E-state index in [1.165, 1.54) is 0 Å². The molecule has 0 aliphatic heterocycles. The number of allylic oxidation sites excluding steroid dienone is 4. The van der Waals surface area contributed by atoms with Crippen molar-refractivity contribution in [3.63, 3.8) is 0 Å². The summed E-state index contributed by atoms with van der Waals surface area (Å²) in [5.41, 5.74) is 0. The molecule has 0 aromatic heterocycles. The monoisotopic (exact) mass is 134 g/mol. The molecule has 0 bridgehead atoms. The first-order valence-electron chi connectivity index (χ1n) is 3.71. The van der Waals surface area contributed by atoms with Crippen LogP contribution in [0.1, 0.15) is 26.7 Å². The molecule has 10 heavy (non-hydrogen) atoms. The van der Waals surface area contributed by atoms with Crippen LogP contribution >= 0.6 is 0 Å². The lowest BCUT2D eigenvalue weighted by Gasteiger charge is -1.71. The van der Waals surface area contributed by atoms with Crippen molar-refractivity contribution in [3.05, 3.63) is 24.3 Å². The van der Waals surface area contributed by atoms with Crippen LogP contribution in [-0.2, 0) is 0 Å². The SMILES string of the molecule is CCC#CC=CC=CCC. The van der Waals surface area contributed by atoms with Crippen molar-refractivity contribution in [1.82, 2.24) is 0 Å². The van der Waals surface area contributed by atoms with E-state index in [4.69, 9.17) is 0 Å². The molecule has 0 aliphatic rings. The lowest BCUT2D eigenvalue weighted by atomic mass is 10.4. The summed E-state index contributed by atoms with van der Waals surface area (Å²) in [6.45, 7) is 4.16. The van der Waals surface area contributed by atoms with Gasteiger partial charge >= 0.3 is 0 Å². The van der Waals surface area contributed by atoms with E-state index >= 15 is 0 Å². The molecule has 0 heterocycles. The molecule has 0 spiro atoms. The molecule has 0 saturated heterocycles. The van der Waals surface area contributed by atoms with Gasteiger partial charge in [-0.05, 0) is 12.5 Å². The van der Waals surface area contributed by atoms with E-state index < -0.39 is 0 Å². The maximum Gasteiger partial charge on any atom is 0.00637 e. The highest BCUT2D eigenvalue weighted by Crippen LogP contribution is 1.80. The van der Waals surface area contributed by atoms with Gasteiger partial charge in [0.25, 0.3) is 0 Å². The van der Waals surface area contributed by atoms with Crippen molar-refractivity contribution in [2.75, 3.05) is 0 Å². The Morgan fingerprint density at radius 1 is 1.20 bits per heavy atom. The van der Waals surface area contributed by atoms with Crippen LogP contribution in [0.5, 0.6) is 0 Å². The summed E-state index contributed by atoms with van der Waals surface area (Å²) in [5, 5.41) is 0. The van der Waals surface area contributed by atoms with Crippen molar-refractivity contribution in [2.24, 2.45) is 0 Å². The fraction of sp³-hybridized carbons (Fsp3) is 0.400. The average molecular weight is 134 g/mol. The van der Waals surface area contributed by atoms with Crippen LogP contribution in [0.25, 0.3) is 0 Å². The fourth-order valence-electron chi connectivity index (χ4n) is 0.479. The molecule has 0 heteroatoms. The van der Waals surface area contributed by atoms with Gasteiger partial charge in [0, 0.05) is 6.42 Å². The summed E-state index contributed by atoms with van der Waals surface area (Å²) in [6, 6.07) is 0. The van der Waals surface area contributed by atoms with Crippen LogP contribution in [0.4, 0.5) is 0 Å². The first-order valence-corrected chi connectivity index (χ1v) is 3.71. The predicted molar refractivity (Wildman–Crippen MR) is 46.6 cm³/mol. The molecular weight excluding hydrogens is 120 g/mol. The molecule has 0 rings (SSSR count). The number of hydrogen-bond donors (Lipinski definition) is 0. The summed E-state index contributed by atoms with van der Waals surface area (Å²) in [7, 11) is 0. The zero-order valence-corrected chi connectivity index (χ0v) is 6.72. The standard InChI is InChI=1S/C10H14/c1-3-5-7-9-10-8-6-4-2/h5,7,9-10H,3-4H2,1-2H3. The Balaban J connectivity index is 3.46. The molecule has 54 valence electrons. The summed E-state index contributed by atoms with van der Waals surface area (Å²) in [5.74, 6) is 5.87. The molecule has 0 unspecified atom stereocenters. The second-order valence-corrected chi connectivity index (χ2v) is 1.87. The molecule has 0 atom stereocenters. The normalized spacial score (nSPS) is 10.2. The van der Waals surface area contributed by atoms with E-state index in [-0.39, 0.29) is 0 Å². The molecule has 0 radical (unpaired) electrons. The Hall–Kier alpha value is -0.960. The molecular formula is C10H14. The molecule has 0 amide bonds. The van der Waals surface area contributed by atoms with E-state index in [2.05, 4.69) is 24.8 Å². The van der Waals surface area contributed by atoms with E-state index in [0.29, 0.717) is 0 Å². The number of hydrogen-bond acceptors (Lipinski definition) is 0. The van der Waals surface area contributed by atoms with E-state index in [0.717, 1.165) is 12.8 Å². The van der Waals surface area contributed by atoms with Gasteiger partial charge in [0.05, 0.1) is 0 Å². The second-order valence-electron chi connectivity index (χ2n) is 1.87. The van der Waals surface area contributed by atoms with Gasteiger partial charge < -0.3 is 0 Å².